The van der Waals surface area contributed by atoms with Gasteiger partial charge in [-0.15, -0.1) is 0 Å². The Morgan fingerprint density at radius 2 is 1.88 bits per heavy atom. The average Bonchev–Trinajstić information content (AvgIpc) is 2.72. The van der Waals surface area contributed by atoms with Crippen molar-refractivity contribution in [1.82, 2.24) is 4.98 Å². The van der Waals surface area contributed by atoms with Crippen LogP contribution in [-0.2, 0) is 0 Å². The number of nitrogens with zero attached hydrogens (tertiary/aromatic N) is 1. The summed E-state index contributed by atoms with van der Waals surface area (Å²) in [7, 11) is 0. The lowest BCUT2D eigenvalue weighted by molar-refractivity contribution is 0.112. The van der Waals surface area contributed by atoms with Crippen LogP contribution in [0, 0.1) is 6.92 Å². The van der Waals surface area contributed by atoms with Gasteiger partial charge in [-0.3, -0.25) is 4.79 Å². The van der Waals surface area contributed by atoms with E-state index in [4.69, 9.17) is 4.42 Å². The Morgan fingerprint density at radius 1 is 1.24 bits per heavy atom. The van der Waals surface area contributed by atoms with Crippen LogP contribution in [0.3, 0.4) is 0 Å². The van der Waals surface area contributed by atoms with Gasteiger partial charge < -0.3 is 4.42 Å². The number of carbonyl (C=O) groups excluding carboxylic acids is 1. The minimum atomic E-state index is 0.289. The molecule has 0 saturated heterocycles. The zero-order valence-corrected chi connectivity index (χ0v) is 10.2. The molecule has 0 aliphatic rings. The number of aromatic nitrogens is 1. The summed E-state index contributed by atoms with van der Waals surface area (Å²) in [6.07, 6.45) is 0.835. The molecular weight excluding hydrogens is 214 g/mol. The fourth-order valence-corrected chi connectivity index (χ4v) is 1.76. The van der Waals surface area contributed by atoms with Crippen LogP contribution in [0.5, 0.6) is 0 Å². The first-order valence-electron chi connectivity index (χ1n) is 5.64. The molecule has 3 nitrogen and oxygen atoms in total. The second-order valence-electron chi connectivity index (χ2n) is 4.34. The third-order valence-corrected chi connectivity index (χ3v) is 2.60. The molecule has 0 aliphatic carbocycles. The van der Waals surface area contributed by atoms with Crippen LogP contribution in [0.25, 0.3) is 11.3 Å². The molecule has 0 bridgehead atoms. The summed E-state index contributed by atoms with van der Waals surface area (Å²) in [6, 6.07) is 7.37. The van der Waals surface area contributed by atoms with Crippen LogP contribution in [0.1, 0.15) is 41.8 Å². The molecule has 2 aromatic rings. The van der Waals surface area contributed by atoms with E-state index in [1.54, 1.807) is 12.1 Å². The average molecular weight is 229 g/mol. The molecule has 1 aromatic carbocycles. The van der Waals surface area contributed by atoms with E-state index in [2.05, 4.69) is 18.8 Å². The van der Waals surface area contributed by atoms with Crippen molar-refractivity contribution in [2.24, 2.45) is 0 Å². The van der Waals surface area contributed by atoms with Gasteiger partial charge in [0, 0.05) is 24.0 Å². The molecule has 0 unspecified atom stereocenters. The maximum atomic E-state index is 10.6. The van der Waals surface area contributed by atoms with Crippen LogP contribution in [0.2, 0.25) is 0 Å². The summed E-state index contributed by atoms with van der Waals surface area (Å²) < 4.78 is 5.61. The van der Waals surface area contributed by atoms with Crippen LogP contribution in [0.15, 0.2) is 28.7 Å². The Balaban J connectivity index is 2.47. The standard InChI is InChI=1S/C14H15NO2/c1-9(2)14-13(15-10(3)17-14)12-6-4-11(8-16)5-7-12/h4-9H,1-3H3. The number of aldehydes is 1. The molecule has 88 valence electrons. The Kier molecular flexibility index (Phi) is 3.09. The summed E-state index contributed by atoms with van der Waals surface area (Å²) in [6.45, 7) is 5.99. The fourth-order valence-electron chi connectivity index (χ4n) is 1.76. The van der Waals surface area contributed by atoms with Crippen molar-refractivity contribution >= 4 is 6.29 Å². The Bertz CT molecular complexity index is 524. The van der Waals surface area contributed by atoms with Crippen LogP contribution in [-0.4, -0.2) is 11.3 Å². The summed E-state index contributed by atoms with van der Waals surface area (Å²) in [5.41, 5.74) is 2.52. The van der Waals surface area contributed by atoms with E-state index in [0.29, 0.717) is 11.5 Å². The van der Waals surface area contributed by atoms with Gasteiger partial charge in [-0.1, -0.05) is 38.1 Å². The second-order valence-corrected chi connectivity index (χ2v) is 4.34. The molecule has 0 radical (unpaired) electrons. The predicted octanol–water partition coefficient (Wildman–Crippen LogP) is 3.59. The second kappa shape index (κ2) is 4.53. The first-order valence-corrected chi connectivity index (χ1v) is 5.64. The fraction of sp³-hybridized carbons (Fsp3) is 0.286. The molecule has 0 amide bonds. The van der Waals surface area contributed by atoms with Gasteiger partial charge in [0.1, 0.15) is 17.7 Å². The monoisotopic (exact) mass is 229 g/mol. The van der Waals surface area contributed by atoms with Crippen molar-refractivity contribution in [3.8, 4) is 11.3 Å². The Hall–Kier alpha value is -1.90. The highest BCUT2D eigenvalue weighted by atomic mass is 16.4. The summed E-state index contributed by atoms with van der Waals surface area (Å²) in [5.74, 6) is 1.85. The van der Waals surface area contributed by atoms with Gasteiger partial charge in [0.25, 0.3) is 0 Å². The van der Waals surface area contributed by atoms with Crippen molar-refractivity contribution in [1.29, 1.82) is 0 Å². The molecule has 1 heterocycles. The highest BCUT2D eigenvalue weighted by molar-refractivity contribution is 5.76. The summed E-state index contributed by atoms with van der Waals surface area (Å²) >= 11 is 0. The minimum Gasteiger partial charge on any atom is -0.445 e. The molecular formula is C14H15NO2. The maximum Gasteiger partial charge on any atom is 0.191 e. The minimum absolute atomic E-state index is 0.289. The van der Waals surface area contributed by atoms with E-state index >= 15 is 0 Å². The molecule has 0 N–H and O–H groups in total. The van der Waals surface area contributed by atoms with Crippen molar-refractivity contribution in [2.45, 2.75) is 26.7 Å². The van der Waals surface area contributed by atoms with Gasteiger partial charge in [-0.05, 0) is 0 Å². The van der Waals surface area contributed by atoms with Gasteiger partial charge in [-0.25, -0.2) is 4.98 Å². The smallest absolute Gasteiger partial charge is 0.191 e. The molecule has 0 aliphatic heterocycles. The molecule has 1 aromatic heterocycles. The van der Waals surface area contributed by atoms with E-state index < -0.39 is 0 Å². The first kappa shape index (κ1) is 11.6. The molecule has 3 heteroatoms. The number of benzene rings is 1. The topological polar surface area (TPSA) is 43.1 Å². The SMILES string of the molecule is Cc1nc(-c2ccc(C=O)cc2)c(C(C)C)o1. The van der Waals surface area contributed by atoms with Crippen molar-refractivity contribution in [2.75, 3.05) is 0 Å². The van der Waals surface area contributed by atoms with Gasteiger partial charge in [0.15, 0.2) is 5.89 Å². The lowest BCUT2D eigenvalue weighted by Gasteiger charge is -2.03. The number of oxazole rings is 1. The van der Waals surface area contributed by atoms with Crippen LogP contribution < -0.4 is 0 Å². The van der Waals surface area contributed by atoms with Gasteiger partial charge in [0.2, 0.25) is 0 Å². The van der Waals surface area contributed by atoms with Gasteiger partial charge in [0.05, 0.1) is 0 Å². The quantitative estimate of drug-likeness (QED) is 0.755. The molecule has 0 saturated carbocycles. The number of carbonyl (C=O) groups is 1. The number of hydrogen-bond acceptors (Lipinski definition) is 3. The van der Waals surface area contributed by atoms with E-state index in [-0.39, 0.29) is 5.92 Å². The third-order valence-electron chi connectivity index (χ3n) is 2.60. The summed E-state index contributed by atoms with van der Waals surface area (Å²) in [4.78, 5) is 15.0. The van der Waals surface area contributed by atoms with Gasteiger partial charge >= 0.3 is 0 Å². The molecule has 17 heavy (non-hydrogen) atoms. The van der Waals surface area contributed by atoms with Crippen LogP contribution in [0.4, 0.5) is 0 Å². The number of hydrogen-bond donors (Lipinski definition) is 0. The molecule has 0 spiro atoms. The molecule has 2 rings (SSSR count). The molecule has 0 atom stereocenters. The largest absolute Gasteiger partial charge is 0.445 e. The van der Waals surface area contributed by atoms with Crippen molar-refractivity contribution in [3.05, 3.63) is 41.5 Å². The van der Waals surface area contributed by atoms with Crippen molar-refractivity contribution < 1.29 is 9.21 Å². The van der Waals surface area contributed by atoms with Gasteiger partial charge in [-0.2, -0.15) is 0 Å². The zero-order chi connectivity index (χ0) is 12.4. The Morgan fingerprint density at radius 3 is 2.41 bits per heavy atom. The first-order chi connectivity index (χ1) is 8.11. The van der Waals surface area contributed by atoms with Crippen molar-refractivity contribution in [3.63, 3.8) is 0 Å². The number of aryl methyl sites for hydroxylation is 1. The lowest BCUT2D eigenvalue weighted by Crippen LogP contribution is -1.89. The highest BCUT2D eigenvalue weighted by Crippen LogP contribution is 2.29. The van der Waals surface area contributed by atoms with Crippen LogP contribution >= 0.6 is 0 Å². The maximum absolute atomic E-state index is 10.6. The highest BCUT2D eigenvalue weighted by Gasteiger charge is 2.15. The predicted molar refractivity (Wildman–Crippen MR) is 66.2 cm³/mol. The van der Waals surface area contributed by atoms with E-state index in [9.17, 15) is 4.79 Å². The van der Waals surface area contributed by atoms with E-state index in [1.807, 2.05) is 19.1 Å². The Labute approximate surface area is 100 Å². The third kappa shape index (κ3) is 2.28. The summed E-state index contributed by atoms with van der Waals surface area (Å²) in [5, 5.41) is 0. The van der Waals surface area contributed by atoms with E-state index in [1.165, 1.54) is 0 Å². The molecule has 0 fully saturated rings. The normalized spacial score (nSPS) is 10.8. The number of rotatable bonds is 3. The van der Waals surface area contributed by atoms with E-state index in [0.717, 1.165) is 23.3 Å². The zero-order valence-electron chi connectivity index (χ0n) is 10.2. The lowest BCUT2D eigenvalue weighted by atomic mass is 10.0.